The van der Waals surface area contributed by atoms with Gasteiger partial charge in [-0.15, -0.1) is 0 Å². The van der Waals surface area contributed by atoms with Gasteiger partial charge in [-0.25, -0.2) is 9.97 Å². The van der Waals surface area contributed by atoms with E-state index in [4.69, 9.17) is 0 Å². The smallest absolute Gasteiger partial charge is 0.391 e. The van der Waals surface area contributed by atoms with Crippen molar-refractivity contribution in [2.24, 2.45) is 0 Å². The van der Waals surface area contributed by atoms with Crippen LogP contribution in [0.1, 0.15) is 29.4 Å². The molecule has 0 bridgehead atoms. The second-order valence-corrected chi connectivity index (χ2v) is 9.08. The monoisotopic (exact) mass is 523 g/mol. The number of aliphatic hydroxyl groups excluding tert-OH is 1. The molecule has 0 aliphatic rings. The van der Waals surface area contributed by atoms with Crippen molar-refractivity contribution in [1.82, 2.24) is 24.7 Å². The van der Waals surface area contributed by atoms with E-state index < -0.39 is 17.8 Å². The number of nitrogens with zero attached hydrogens (tertiary/aromatic N) is 5. The first-order valence-electron chi connectivity index (χ1n) is 11.9. The van der Waals surface area contributed by atoms with Crippen molar-refractivity contribution in [2.45, 2.75) is 46.0 Å². The van der Waals surface area contributed by atoms with Gasteiger partial charge in [0.1, 0.15) is 0 Å². The van der Waals surface area contributed by atoms with Crippen LogP contribution < -0.4 is 10.6 Å². The SMILES string of the molecule is C=C(Cc1ccc(-c2cnc(Nc3cn(C[C@H](C)O)nc3C)nc2)cc1)Nc1cnc(C)c(C(F)(F)F)c1. The minimum atomic E-state index is -4.47. The number of pyridine rings is 1. The summed E-state index contributed by atoms with van der Waals surface area (Å²) < 4.78 is 41.1. The molecule has 0 fully saturated rings. The molecule has 1 aromatic carbocycles. The molecular formula is C27H28F3N7O. The normalized spacial score (nSPS) is 12.3. The molecule has 4 rings (SSSR count). The number of aliphatic hydroxyl groups is 1. The summed E-state index contributed by atoms with van der Waals surface area (Å²) in [5.74, 6) is 0.423. The number of nitrogens with one attached hydrogen (secondary N) is 2. The van der Waals surface area contributed by atoms with Gasteiger partial charge in [0.2, 0.25) is 5.95 Å². The van der Waals surface area contributed by atoms with Crippen molar-refractivity contribution in [3.63, 3.8) is 0 Å². The molecule has 0 spiro atoms. The summed E-state index contributed by atoms with van der Waals surface area (Å²) in [4.78, 5) is 12.6. The van der Waals surface area contributed by atoms with Gasteiger partial charge in [0.25, 0.3) is 0 Å². The average Bonchev–Trinajstić information content (AvgIpc) is 3.18. The Morgan fingerprint density at radius 1 is 1.03 bits per heavy atom. The predicted molar refractivity (Wildman–Crippen MR) is 140 cm³/mol. The summed E-state index contributed by atoms with van der Waals surface area (Å²) in [5, 5.41) is 20.0. The first-order valence-corrected chi connectivity index (χ1v) is 11.9. The van der Waals surface area contributed by atoms with Gasteiger partial charge in [0.15, 0.2) is 0 Å². The molecule has 1 atom stereocenters. The molecule has 11 heteroatoms. The molecular weight excluding hydrogens is 495 g/mol. The molecule has 3 N–H and O–H groups in total. The van der Waals surface area contributed by atoms with Gasteiger partial charge in [-0.05, 0) is 38.0 Å². The fourth-order valence-electron chi connectivity index (χ4n) is 3.87. The van der Waals surface area contributed by atoms with Crippen molar-refractivity contribution in [2.75, 3.05) is 10.6 Å². The van der Waals surface area contributed by atoms with Crippen molar-refractivity contribution >= 4 is 17.3 Å². The second kappa shape index (κ2) is 11.0. The Kier molecular flexibility index (Phi) is 7.77. The predicted octanol–water partition coefficient (Wildman–Crippen LogP) is 5.66. The standard InChI is InChI=1S/C27H28F3N7O/c1-16(34-23-10-24(27(28,29)30)18(3)31-13-23)9-20-5-7-21(8-6-20)22-11-32-26(33-12-22)35-25-15-37(14-17(2)38)36-19(25)4/h5-8,10-13,15,17,34,38H,1,9,14H2,2-4H3,(H,32,33,35)/t17-/m0/s1. The Hall–Kier alpha value is -4.25. The minimum absolute atomic E-state index is 0.0732. The van der Waals surface area contributed by atoms with Crippen LogP contribution in [-0.2, 0) is 19.1 Å². The first kappa shape index (κ1) is 26.8. The summed E-state index contributed by atoms with van der Waals surface area (Å²) in [5.41, 5.74) is 4.13. The number of aromatic nitrogens is 5. The number of benzene rings is 1. The number of rotatable bonds is 9. The topological polar surface area (TPSA) is 101 Å². The van der Waals surface area contributed by atoms with E-state index in [-0.39, 0.29) is 11.4 Å². The third kappa shape index (κ3) is 6.74. The van der Waals surface area contributed by atoms with E-state index in [0.717, 1.165) is 34.1 Å². The molecule has 4 aromatic rings. The third-order valence-electron chi connectivity index (χ3n) is 5.71. The van der Waals surface area contributed by atoms with Crippen molar-refractivity contribution in [3.8, 4) is 11.1 Å². The Balaban J connectivity index is 1.37. The van der Waals surface area contributed by atoms with Crippen LogP contribution in [-0.4, -0.2) is 35.9 Å². The number of allylic oxidation sites excluding steroid dienone is 1. The molecule has 0 radical (unpaired) electrons. The summed E-state index contributed by atoms with van der Waals surface area (Å²) in [6.45, 7) is 9.22. The van der Waals surface area contributed by atoms with Gasteiger partial charge < -0.3 is 15.7 Å². The highest BCUT2D eigenvalue weighted by Crippen LogP contribution is 2.32. The zero-order valence-electron chi connectivity index (χ0n) is 21.2. The highest BCUT2D eigenvalue weighted by atomic mass is 19.4. The Morgan fingerprint density at radius 2 is 1.71 bits per heavy atom. The van der Waals surface area contributed by atoms with Crippen molar-refractivity contribution in [3.05, 3.63) is 89.9 Å². The number of hydrogen-bond acceptors (Lipinski definition) is 7. The van der Waals surface area contributed by atoms with E-state index in [1.54, 1.807) is 30.2 Å². The zero-order chi connectivity index (χ0) is 27.4. The fraction of sp³-hybridized carbons (Fsp3) is 0.259. The van der Waals surface area contributed by atoms with Crippen LogP contribution in [0.25, 0.3) is 11.1 Å². The number of aryl methyl sites for hydroxylation is 2. The van der Waals surface area contributed by atoms with Gasteiger partial charge in [-0.1, -0.05) is 30.8 Å². The summed E-state index contributed by atoms with van der Waals surface area (Å²) >= 11 is 0. The maximum Gasteiger partial charge on any atom is 0.418 e. The lowest BCUT2D eigenvalue weighted by atomic mass is 10.0. The highest BCUT2D eigenvalue weighted by Gasteiger charge is 2.33. The molecule has 0 amide bonds. The Morgan fingerprint density at radius 3 is 2.34 bits per heavy atom. The lowest BCUT2D eigenvalue weighted by molar-refractivity contribution is -0.138. The van der Waals surface area contributed by atoms with Crippen LogP contribution in [0.15, 0.2) is 67.4 Å². The van der Waals surface area contributed by atoms with Crippen molar-refractivity contribution < 1.29 is 18.3 Å². The Labute approximate surface area is 218 Å². The number of hydrogen-bond donors (Lipinski definition) is 3. The molecule has 0 aliphatic carbocycles. The highest BCUT2D eigenvalue weighted by molar-refractivity contribution is 5.63. The number of halogens is 3. The molecule has 8 nitrogen and oxygen atoms in total. The molecule has 3 heterocycles. The van der Waals surface area contributed by atoms with E-state index in [0.29, 0.717) is 24.6 Å². The zero-order valence-corrected chi connectivity index (χ0v) is 21.2. The molecule has 0 saturated carbocycles. The van der Waals surface area contributed by atoms with Gasteiger partial charge in [-0.2, -0.15) is 18.3 Å². The summed E-state index contributed by atoms with van der Waals surface area (Å²) in [6.07, 6.45) is 2.04. The van der Waals surface area contributed by atoms with Crippen LogP contribution in [0.4, 0.5) is 30.5 Å². The molecule has 0 aliphatic heterocycles. The second-order valence-electron chi connectivity index (χ2n) is 9.08. The molecule has 3 aromatic heterocycles. The quantitative estimate of drug-likeness (QED) is 0.260. The first-order chi connectivity index (χ1) is 18.0. The van der Waals surface area contributed by atoms with E-state index in [2.05, 4.69) is 37.3 Å². The molecule has 198 valence electrons. The van der Waals surface area contributed by atoms with Crippen LogP contribution in [0, 0.1) is 13.8 Å². The third-order valence-corrected chi connectivity index (χ3v) is 5.71. The molecule has 0 unspecified atom stereocenters. The summed E-state index contributed by atoms with van der Waals surface area (Å²) in [6, 6.07) is 8.73. The van der Waals surface area contributed by atoms with Gasteiger partial charge in [0.05, 0.1) is 41.5 Å². The van der Waals surface area contributed by atoms with Gasteiger partial charge >= 0.3 is 6.18 Å². The van der Waals surface area contributed by atoms with E-state index >= 15 is 0 Å². The van der Waals surface area contributed by atoms with Crippen LogP contribution >= 0.6 is 0 Å². The van der Waals surface area contributed by atoms with Crippen LogP contribution in [0.2, 0.25) is 0 Å². The molecule has 38 heavy (non-hydrogen) atoms. The van der Waals surface area contributed by atoms with Gasteiger partial charge in [0, 0.05) is 42.0 Å². The fourth-order valence-corrected chi connectivity index (χ4v) is 3.87. The Bertz CT molecular complexity index is 1410. The van der Waals surface area contributed by atoms with E-state index in [1.165, 1.54) is 13.1 Å². The molecule has 0 saturated heterocycles. The lowest BCUT2D eigenvalue weighted by Gasteiger charge is -2.14. The lowest BCUT2D eigenvalue weighted by Crippen LogP contribution is -2.11. The van der Waals surface area contributed by atoms with Crippen molar-refractivity contribution in [1.29, 1.82) is 0 Å². The number of alkyl halides is 3. The van der Waals surface area contributed by atoms with E-state index in [1.807, 2.05) is 31.2 Å². The van der Waals surface area contributed by atoms with Gasteiger partial charge in [-0.3, -0.25) is 9.67 Å². The van der Waals surface area contributed by atoms with Crippen LogP contribution in [0.5, 0.6) is 0 Å². The van der Waals surface area contributed by atoms with E-state index in [9.17, 15) is 18.3 Å². The maximum absolute atomic E-state index is 13.2. The summed E-state index contributed by atoms with van der Waals surface area (Å²) in [7, 11) is 0. The maximum atomic E-state index is 13.2. The largest absolute Gasteiger partial charge is 0.418 e. The number of anilines is 3. The average molecular weight is 524 g/mol. The minimum Gasteiger partial charge on any atom is -0.391 e. The van der Waals surface area contributed by atoms with Crippen LogP contribution in [0.3, 0.4) is 0 Å².